The van der Waals surface area contributed by atoms with Crippen molar-refractivity contribution in [2.24, 2.45) is 5.10 Å². The summed E-state index contributed by atoms with van der Waals surface area (Å²) in [6.45, 7) is 6.07. The van der Waals surface area contributed by atoms with Crippen molar-refractivity contribution < 1.29 is 38.4 Å². The maximum absolute atomic E-state index is 12.5. The molecule has 0 aliphatic carbocycles. The van der Waals surface area contributed by atoms with Crippen LogP contribution in [0.4, 0.5) is 4.79 Å². The largest absolute Gasteiger partial charge is 0.493 e. The molecule has 1 aliphatic rings. The number of ether oxygens (including phenoxy) is 5. The zero-order valence-corrected chi connectivity index (χ0v) is 28.3. The number of allylic oxidation sites excluding steroid dienone is 1. The molecule has 2 atom stereocenters. The summed E-state index contributed by atoms with van der Waals surface area (Å²) in [7, 11) is 2.85. The molecule has 13 heteroatoms. The Bertz CT molecular complexity index is 1610. The van der Waals surface area contributed by atoms with Crippen LogP contribution in [-0.2, 0) is 16.1 Å². The molecule has 4 rings (SSSR count). The summed E-state index contributed by atoms with van der Waals surface area (Å²) in [5.74, 6) is 1.35. The van der Waals surface area contributed by atoms with E-state index >= 15 is 0 Å². The van der Waals surface area contributed by atoms with E-state index in [-0.39, 0.29) is 12.2 Å². The van der Waals surface area contributed by atoms with Gasteiger partial charge in [-0.25, -0.2) is 9.59 Å². The first-order chi connectivity index (χ1) is 22.1. The van der Waals surface area contributed by atoms with Crippen LogP contribution >= 0.6 is 22.6 Å². The van der Waals surface area contributed by atoms with Gasteiger partial charge in [-0.15, -0.1) is 0 Å². The normalized spacial score (nSPS) is 15.1. The molecule has 1 heterocycles. The highest BCUT2D eigenvalue weighted by atomic mass is 127. The van der Waals surface area contributed by atoms with E-state index in [0.717, 1.165) is 14.7 Å². The lowest BCUT2D eigenvalue weighted by atomic mass is 9.95. The van der Waals surface area contributed by atoms with Gasteiger partial charge in [0.25, 0.3) is 0 Å². The second kappa shape index (κ2) is 16.2. The van der Waals surface area contributed by atoms with Crippen LogP contribution in [0.1, 0.15) is 42.1 Å². The van der Waals surface area contributed by atoms with Crippen molar-refractivity contribution >= 4 is 40.8 Å². The van der Waals surface area contributed by atoms with Crippen molar-refractivity contribution in [3.05, 3.63) is 91.7 Å². The first-order valence-corrected chi connectivity index (χ1v) is 15.5. The van der Waals surface area contributed by atoms with Crippen molar-refractivity contribution in [3.63, 3.8) is 0 Å². The van der Waals surface area contributed by atoms with Crippen LogP contribution in [0.2, 0.25) is 0 Å². The van der Waals surface area contributed by atoms with Gasteiger partial charge in [-0.05, 0) is 84.3 Å². The number of aliphatic hydroxyl groups excluding tert-OH is 1. The maximum Gasteiger partial charge on any atom is 0.337 e. The van der Waals surface area contributed by atoms with Crippen molar-refractivity contribution in [2.45, 2.75) is 39.6 Å². The molecule has 0 saturated carbocycles. The molecule has 0 bridgehead atoms. The van der Waals surface area contributed by atoms with Gasteiger partial charge < -0.3 is 39.4 Å². The minimum atomic E-state index is -1.15. The van der Waals surface area contributed by atoms with E-state index in [1.165, 1.54) is 12.7 Å². The zero-order chi connectivity index (χ0) is 33.2. The summed E-state index contributed by atoms with van der Waals surface area (Å²) < 4.78 is 29.0. The lowest BCUT2D eigenvalue weighted by Gasteiger charge is -2.28. The number of aryl methyl sites for hydroxylation is 1. The topological polar surface area (TPSA) is 149 Å². The fraction of sp³-hybridized carbons (Fsp3) is 0.303. The van der Waals surface area contributed by atoms with Gasteiger partial charge in [0.2, 0.25) is 0 Å². The SMILES string of the molecule is CCOc1cc([C@H]2NC(=O)NC(C)=C2C(=O)OC)ccc1OC[C@@H](O)N/N=C\c1cc(I)c(OCc2ccc(C)cc2)c(OC)c1. The Morgan fingerprint density at radius 2 is 1.80 bits per heavy atom. The fourth-order valence-electron chi connectivity index (χ4n) is 4.61. The summed E-state index contributed by atoms with van der Waals surface area (Å²) in [6.07, 6.45) is 0.406. The molecule has 1 aliphatic heterocycles. The van der Waals surface area contributed by atoms with Crippen LogP contribution in [0.15, 0.2) is 71.0 Å². The lowest BCUT2D eigenvalue weighted by Crippen LogP contribution is -2.45. The van der Waals surface area contributed by atoms with Crippen molar-refractivity contribution in [3.8, 4) is 23.0 Å². The summed E-state index contributed by atoms with van der Waals surface area (Å²) in [6, 6.07) is 15.6. The van der Waals surface area contributed by atoms with E-state index in [1.807, 2.05) is 44.2 Å². The Kier molecular flexibility index (Phi) is 12.1. The molecule has 0 radical (unpaired) electrons. The molecule has 0 unspecified atom stereocenters. The second-order valence-electron chi connectivity index (χ2n) is 10.2. The monoisotopic (exact) mass is 744 g/mol. The van der Waals surface area contributed by atoms with Crippen molar-refractivity contribution in [1.29, 1.82) is 0 Å². The highest BCUT2D eigenvalue weighted by molar-refractivity contribution is 14.1. The molecule has 46 heavy (non-hydrogen) atoms. The van der Waals surface area contributed by atoms with Gasteiger partial charge in [-0.3, -0.25) is 5.43 Å². The maximum atomic E-state index is 12.5. The highest BCUT2D eigenvalue weighted by Gasteiger charge is 2.32. The van der Waals surface area contributed by atoms with Crippen molar-refractivity contribution in [2.75, 3.05) is 27.4 Å². The third-order valence-corrected chi connectivity index (χ3v) is 7.67. The van der Waals surface area contributed by atoms with Crippen LogP contribution in [0.5, 0.6) is 23.0 Å². The summed E-state index contributed by atoms with van der Waals surface area (Å²) >= 11 is 2.18. The minimum Gasteiger partial charge on any atom is -0.493 e. The van der Waals surface area contributed by atoms with Gasteiger partial charge in [0.15, 0.2) is 29.2 Å². The number of hydrazone groups is 1. The molecule has 0 spiro atoms. The smallest absolute Gasteiger partial charge is 0.337 e. The number of hydrogen-bond acceptors (Lipinski definition) is 10. The molecule has 3 aromatic carbocycles. The highest BCUT2D eigenvalue weighted by Crippen LogP contribution is 2.36. The zero-order valence-electron chi connectivity index (χ0n) is 26.2. The first kappa shape index (κ1) is 34.4. The van der Waals surface area contributed by atoms with Gasteiger partial charge in [-0.2, -0.15) is 5.10 Å². The van der Waals surface area contributed by atoms with Gasteiger partial charge in [-0.1, -0.05) is 35.9 Å². The predicted molar refractivity (Wildman–Crippen MR) is 180 cm³/mol. The number of carbonyl (C=O) groups excluding carboxylic acids is 2. The molecule has 3 aromatic rings. The van der Waals surface area contributed by atoms with E-state index in [9.17, 15) is 14.7 Å². The standard InChI is InChI=1S/C33H37IN4O8/c1-6-44-26-15-23(30-29(32(40)43-5)20(3)36-33(41)37-30)11-12-25(26)45-18-28(39)38-35-16-22-13-24(34)31(27(14-22)42-4)46-17-21-9-7-19(2)8-10-21/h7-16,28,30,38-39H,6,17-18H2,1-5H3,(H2,36,37,41)/b35-16-/t28-,30-/m1/s1. The number of methoxy groups -OCH3 is 2. The number of nitrogens with one attached hydrogen (secondary N) is 3. The number of amides is 2. The number of esters is 1. The number of benzene rings is 3. The number of halogens is 1. The quantitative estimate of drug-likeness (QED) is 0.0606. The Labute approximate surface area is 281 Å². The fourth-order valence-corrected chi connectivity index (χ4v) is 5.40. The lowest BCUT2D eigenvalue weighted by molar-refractivity contribution is -0.136. The number of carbonyl (C=O) groups is 2. The Balaban J connectivity index is 1.38. The molecule has 244 valence electrons. The number of rotatable bonds is 14. The van der Waals surface area contributed by atoms with E-state index in [1.54, 1.807) is 44.5 Å². The van der Waals surface area contributed by atoms with E-state index in [2.05, 4.69) is 43.8 Å². The van der Waals surface area contributed by atoms with E-state index in [0.29, 0.717) is 47.5 Å². The second-order valence-corrected chi connectivity index (χ2v) is 11.4. The molecule has 4 N–H and O–H groups in total. The van der Waals surface area contributed by atoms with Crippen LogP contribution in [0.3, 0.4) is 0 Å². The van der Waals surface area contributed by atoms with Crippen LogP contribution in [0.25, 0.3) is 0 Å². The Hall–Kier alpha value is -4.50. The number of aliphatic hydroxyl groups is 1. The molecule has 0 saturated heterocycles. The van der Waals surface area contributed by atoms with E-state index in [4.69, 9.17) is 23.7 Å². The Morgan fingerprint density at radius 1 is 1.04 bits per heavy atom. The Morgan fingerprint density at radius 3 is 2.50 bits per heavy atom. The molecular weight excluding hydrogens is 707 g/mol. The minimum absolute atomic E-state index is 0.153. The third-order valence-electron chi connectivity index (χ3n) is 6.86. The molecule has 12 nitrogen and oxygen atoms in total. The average molecular weight is 745 g/mol. The van der Waals surface area contributed by atoms with Crippen LogP contribution < -0.4 is 35.0 Å². The molecule has 2 amide bonds. The van der Waals surface area contributed by atoms with Crippen molar-refractivity contribution in [1.82, 2.24) is 16.1 Å². The number of urea groups is 1. The number of nitrogens with zero attached hydrogens (tertiary/aromatic N) is 1. The molecular formula is C33H37IN4O8. The summed E-state index contributed by atoms with van der Waals surface area (Å²) in [5, 5.41) is 20.0. The summed E-state index contributed by atoms with van der Waals surface area (Å²) in [5.41, 5.74) is 6.87. The van der Waals surface area contributed by atoms with Crippen LogP contribution in [0, 0.1) is 10.5 Å². The predicted octanol–water partition coefficient (Wildman–Crippen LogP) is 4.71. The number of hydrogen-bond donors (Lipinski definition) is 4. The average Bonchev–Trinajstić information content (AvgIpc) is 3.03. The molecule has 0 aromatic heterocycles. The third kappa shape index (κ3) is 8.81. The van der Waals surface area contributed by atoms with Gasteiger partial charge in [0.1, 0.15) is 13.2 Å². The summed E-state index contributed by atoms with van der Waals surface area (Å²) in [4.78, 5) is 24.6. The molecule has 0 fully saturated rings. The van der Waals surface area contributed by atoms with Gasteiger partial charge in [0, 0.05) is 5.70 Å². The first-order valence-electron chi connectivity index (χ1n) is 14.4. The van der Waals surface area contributed by atoms with Crippen LogP contribution in [-0.4, -0.2) is 57.0 Å². The van der Waals surface area contributed by atoms with Gasteiger partial charge >= 0.3 is 12.0 Å². The van der Waals surface area contributed by atoms with Gasteiger partial charge in [0.05, 0.1) is 42.2 Å². The van der Waals surface area contributed by atoms with E-state index < -0.39 is 24.3 Å².